The van der Waals surface area contributed by atoms with Crippen molar-refractivity contribution in [3.05, 3.63) is 54.4 Å². The van der Waals surface area contributed by atoms with Crippen molar-refractivity contribution in [2.75, 3.05) is 29.9 Å². The fourth-order valence-corrected chi connectivity index (χ4v) is 2.31. The monoisotopic (exact) mass is 326 g/mol. The topological polar surface area (TPSA) is 74.3 Å². The van der Waals surface area contributed by atoms with Gasteiger partial charge in [0, 0.05) is 36.9 Å². The van der Waals surface area contributed by atoms with Gasteiger partial charge < -0.3 is 15.5 Å². The summed E-state index contributed by atoms with van der Waals surface area (Å²) in [5, 5.41) is 5.33. The number of anilines is 2. The Bertz CT molecular complexity index is 667. The van der Waals surface area contributed by atoms with E-state index in [1.807, 2.05) is 24.3 Å². The summed E-state index contributed by atoms with van der Waals surface area (Å²) >= 11 is 0. The van der Waals surface area contributed by atoms with Gasteiger partial charge in [0.15, 0.2) is 0 Å². The zero-order valence-corrected chi connectivity index (χ0v) is 14.0. The fraction of sp³-hybridized carbons (Fsp3) is 0.278. The summed E-state index contributed by atoms with van der Waals surface area (Å²) in [5.41, 5.74) is 2.24. The molecule has 2 aromatic rings. The van der Waals surface area contributed by atoms with E-state index in [2.05, 4.69) is 34.4 Å². The molecule has 2 N–H and O–H groups in total. The number of carbonyl (C=O) groups is 2. The van der Waals surface area contributed by atoms with Crippen LogP contribution in [-0.2, 0) is 4.79 Å². The van der Waals surface area contributed by atoms with Crippen LogP contribution in [0.2, 0.25) is 0 Å². The highest BCUT2D eigenvalue weighted by atomic mass is 16.2. The first-order valence-electron chi connectivity index (χ1n) is 7.97. The van der Waals surface area contributed by atoms with Gasteiger partial charge >= 0.3 is 0 Å². The van der Waals surface area contributed by atoms with E-state index in [9.17, 15) is 9.59 Å². The van der Waals surface area contributed by atoms with E-state index in [4.69, 9.17) is 0 Å². The van der Waals surface area contributed by atoms with Crippen molar-refractivity contribution in [2.45, 2.75) is 13.8 Å². The van der Waals surface area contributed by atoms with Crippen LogP contribution in [0.15, 0.2) is 48.8 Å². The maximum atomic E-state index is 11.9. The quantitative estimate of drug-likeness (QED) is 0.819. The number of hydrogen-bond acceptors (Lipinski definition) is 4. The lowest BCUT2D eigenvalue weighted by atomic mass is 10.2. The smallest absolute Gasteiger partial charge is 0.253 e. The molecule has 126 valence electrons. The van der Waals surface area contributed by atoms with Gasteiger partial charge in [-0.05, 0) is 50.2 Å². The second kappa shape index (κ2) is 8.67. The van der Waals surface area contributed by atoms with Crippen molar-refractivity contribution in [1.82, 2.24) is 10.3 Å². The Morgan fingerprint density at radius 2 is 1.79 bits per heavy atom. The molecule has 0 saturated carbocycles. The van der Waals surface area contributed by atoms with E-state index < -0.39 is 0 Å². The first kappa shape index (κ1) is 17.5. The second-order valence-electron chi connectivity index (χ2n) is 5.19. The molecular formula is C18H22N4O2. The van der Waals surface area contributed by atoms with Crippen molar-refractivity contribution in [3.63, 3.8) is 0 Å². The molecule has 0 aliphatic heterocycles. The summed E-state index contributed by atoms with van der Waals surface area (Å²) in [6.45, 7) is 5.98. The van der Waals surface area contributed by atoms with Crippen LogP contribution in [0, 0.1) is 0 Å². The van der Waals surface area contributed by atoms with E-state index in [1.54, 1.807) is 18.3 Å². The molecule has 1 aromatic carbocycles. The molecule has 6 nitrogen and oxygen atoms in total. The number of amides is 2. The Labute approximate surface area is 141 Å². The number of hydrogen-bond donors (Lipinski definition) is 2. The number of nitrogens with zero attached hydrogens (tertiary/aromatic N) is 2. The summed E-state index contributed by atoms with van der Waals surface area (Å²) in [5.74, 6) is -0.599. The van der Waals surface area contributed by atoms with Gasteiger partial charge in [0.1, 0.15) is 0 Å². The first-order valence-corrected chi connectivity index (χ1v) is 7.97. The number of rotatable bonds is 7. The van der Waals surface area contributed by atoms with E-state index in [0.717, 1.165) is 18.8 Å². The number of pyridine rings is 1. The van der Waals surface area contributed by atoms with Crippen LogP contribution in [0.25, 0.3) is 0 Å². The average molecular weight is 326 g/mol. The maximum Gasteiger partial charge on any atom is 0.253 e. The van der Waals surface area contributed by atoms with Crippen molar-refractivity contribution >= 4 is 23.2 Å². The second-order valence-corrected chi connectivity index (χ2v) is 5.19. The molecule has 0 saturated heterocycles. The third kappa shape index (κ3) is 4.81. The fourth-order valence-electron chi connectivity index (χ4n) is 2.31. The largest absolute Gasteiger partial charge is 0.372 e. The number of benzene rings is 1. The lowest BCUT2D eigenvalue weighted by Gasteiger charge is -2.21. The van der Waals surface area contributed by atoms with Crippen LogP contribution in [-0.4, -0.2) is 36.4 Å². The van der Waals surface area contributed by atoms with Gasteiger partial charge in [0.25, 0.3) is 5.91 Å². The summed E-state index contributed by atoms with van der Waals surface area (Å²) < 4.78 is 0. The van der Waals surface area contributed by atoms with Gasteiger partial charge in [-0.25, -0.2) is 0 Å². The van der Waals surface area contributed by atoms with Crippen LogP contribution in [0.1, 0.15) is 24.2 Å². The first-order chi connectivity index (χ1) is 11.6. The standard InChI is InChI=1S/C18H22N4O2/c1-3-22(4-2)16-9-7-15(8-10-16)21-17(23)13-20-18(24)14-6-5-11-19-12-14/h5-12H,3-4,13H2,1-2H3,(H,20,24)(H,21,23). The number of nitrogens with one attached hydrogen (secondary N) is 2. The van der Waals surface area contributed by atoms with Gasteiger partial charge in [-0.3, -0.25) is 14.6 Å². The molecule has 0 unspecified atom stereocenters. The summed E-state index contributed by atoms with van der Waals surface area (Å²) in [4.78, 5) is 29.9. The summed E-state index contributed by atoms with van der Waals surface area (Å²) in [6.07, 6.45) is 3.05. The average Bonchev–Trinajstić information content (AvgIpc) is 2.63. The Hall–Kier alpha value is -2.89. The van der Waals surface area contributed by atoms with E-state index in [0.29, 0.717) is 11.3 Å². The van der Waals surface area contributed by atoms with E-state index in [-0.39, 0.29) is 18.4 Å². The summed E-state index contributed by atoms with van der Waals surface area (Å²) in [7, 11) is 0. The van der Waals surface area contributed by atoms with Crippen LogP contribution in [0.5, 0.6) is 0 Å². The molecule has 1 heterocycles. The van der Waals surface area contributed by atoms with Crippen molar-refractivity contribution in [2.24, 2.45) is 0 Å². The van der Waals surface area contributed by atoms with Gasteiger partial charge in [-0.1, -0.05) is 0 Å². The molecule has 0 atom stereocenters. The Balaban J connectivity index is 1.85. The predicted molar refractivity (Wildman–Crippen MR) is 95.2 cm³/mol. The molecular weight excluding hydrogens is 304 g/mol. The van der Waals surface area contributed by atoms with Gasteiger partial charge in [-0.2, -0.15) is 0 Å². The zero-order valence-electron chi connectivity index (χ0n) is 14.0. The third-order valence-electron chi connectivity index (χ3n) is 3.61. The highest BCUT2D eigenvalue weighted by Gasteiger charge is 2.08. The molecule has 0 bridgehead atoms. The van der Waals surface area contributed by atoms with E-state index >= 15 is 0 Å². The molecule has 0 aliphatic carbocycles. The Morgan fingerprint density at radius 3 is 2.38 bits per heavy atom. The van der Waals surface area contributed by atoms with Crippen molar-refractivity contribution < 1.29 is 9.59 Å². The molecule has 0 spiro atoms. The van der Waals surface area contributed by atoms with Crippen molar-refractivity contribution in [3.8, 4) is 0 Å². The van der Waals surface area contributed by atoms with Crippen molar-refractivity contribution in [1.29, 1.82) is 0 Å². The molecule has 0 radical (unpaired) electrons. The maximum absolute atomic E-state index is 11.9. The zero-order chi connectivity index (χ0) is 17.4. The molecule has 0 fully saturated rings. The molecule has 6 heteroatoms. The van der Waals surface area contributed by atoms with Crippen LogP contribution in [0.4, 0.5) is 11.4 Å². The van der Waals surface area contributed by atoms with Gasteiger partial charge in [-0.15, -0.1) is 0 Å². The van der Waals surface area contributed by atoms with Gasteiger partial charge in [0.2, 0.25) is 5.91 Å². The Kier molecular flexibility index (Phi) is 6.31. The predicted octanol–water partition coefficient (Wildman–Crippen LogP) is 2.30. The number of carbonyl (C=O) groups excluding carboxylic acids is 2. The number of aromatic nitrogens is 1. The van der Waals surface area contributed by atoms with Crippen LogP contribution >= 0.6 is 0 Å². The van der Waals surface area contributed by atoms with E-state index in [1.165, 1.54) is 6.20 Å². The SMILES string of the molecule is CCN(CC)c1ccc(NC(=O)CNC(=O)c2cccnc2)cc1. The van der Waals surface area contributed by atoms with Crippen LogP contribution in [0.3, 0.4) is 0 Å². The Morgan fingerprint density at radius 1 is 1.08 bits per heavy atom. The highest BCUT2D eigenvalue weighted by molar-refractivity contribution is 5.99. The minimum atomic E-state index is -0.324. The minimum absolute atomic E-state index is 0.0917. The molecule has 24 heavy (non-hydrogen) atoms. The van der Waals surface area contributed by atoms with Gasteiger partial charge in [0.05, 0.1) is 12.1 Å². The molecule has 2 rings (SSSR count). The molecule has 0 aliphatic rings. The lowest BCUT2D eigenvalue weighted by Crippen LogP contribution is -2.32. The normalized spacial score (nSPS) is 10.1. The van der Waals surface area contributed by atoms with Crippen LogP contribution < -0.4 is 15.5 Å². The highest BCUT2D eigenvalue weighted by Crippen LogP contribution is 2.17. The molecule has 1 aromatic heterocycles. The lowest BCUT2D eigenvalue weighted by molar-refractivity contribution is -0.115. The summed E-state index contributed by atoms with van der Waals surface area (Å²) in [6, 6.07) is 11.0. The minimum Gasteiger partial charge on any atom is -0.372 e. The molecule has 2 amide bonds. The third-order valence-corrected chi connectivity index (χ3v) is 3.61.